The highest BCUT2D eigenvalue weighted by molar-refractivity contribution is 6.01. The Morgan fingerprint density at radius 1 is 0.754 bits per heavy atom. The summed E-state index contributed by atoms with van der Waals surface area (Å²) in [6, 6.07) is -1.12. The summed E-state index contributed by atoms with van der Waals surface area (Å²) < 4.78 is 34.0. The van der Waals surface area contributed by atoms with Gasteiger partial charge in [0.25, 0.3) is 11.8 Å². The summed E-state index contributed by atoms with van der Waals surface area (Å²) in [6.07, 6.45) is -16.4. The van der Waals surface area contributed by atoms with Crippen molar-refractivity contribution in [1.82, 2.24) is 21.0 Å². The second-order valence-electron chi connectivity index (χ2n) is 13.8. The molecule has 4 rings (SSSR count). The first kappa shape index (κ1) is 46.2. The van der Waals surface area contributed by atoms with E-state index < -0.39 is 148 Å². The molecule has 4 saturated heterocycles. The van der Waals surface area contributed by atoms with Gasteiger partial charge in [0.1, 0.15) is 24.4 Å². The maximum atomic E-state index is 12.4. The number of hydrogen-bond acceptors (Lipinski definition) is 20. The Morgan fingerprint density at radius 2 is 1.33 bits per heavy atom. The van der Waals surface area contributed by atoms with Gasteiger partial charge in [-0.15, -0.1) is 5.06 Å². The number of hydroxylamine groups is 2. The number of hydrogen-bond donors (Lipinski definition) is 10. The van der Waals surface area contributed by atoms with E-state index in [0.717, 1.165) is 0 Å². The first-order chi connectivity index (χ1) is 27.1. The van der Waals surface area contributed by atoms with Gasteiger partial charge in [-0.1, -0.05) is 0 Å². The predicted octanol–water partition coefficient (Wildman–Crippen LogP) is -6.34. The summed E-state index contributed by atoms with van der Waals surface area (Å²) in [5.41, 5.74) is 0. The van der Waals surface area contributed by atoms with Crippen LogP contribution in [-0.2, 0) is 62.0 Å². The van der Waals surface area contributed by atoms with Crippen LogP contribution >= 0.6 is 0 Å². The molecule has 24 nitrogen and oxygen atoms in total. The maximum absolute atomic E-state index is 12.4. The van der Waals surface area contributed by atoms with Gasteiger partial charge < -0.3 is 85.0 Å². The number of carbonyl (C=O) groups excluding carboxylic acids is 6. The molecule has 2 unspecified atom stereocenters. The lowest BCUT2D eigenvalue weighted by Crippen LogP contribution is -2.57. The monoisotopic (exact) mass is 824 g/mol. The van der Waals surface area contributed by atoms with Gasteiger partial charge in [-0.3, -0.25) is 24.0 Å². The SMILES string of the molecule is C[C@H](NC(=O)CCC(=O)ON1C(=O)CCC1=O)C(=O)NCC(=O)NCCO[C@H]1O[C@H](COC2O[C@H](CO)C[C@H](O)[C@@H]2O)C[C@H](OC2O[C@H](CO)C[C@H](O)[C@@H]2O)[C@@H]1O. The quantitative estimate of drug-likeness (QED) is 0.0428. The predicted molar refractivity (Wildman–Crippen MR) is 181 cm³/mol. The van der Waals surface area contributed by atoms with Crippen LogP contribution in [0, 0.1) is 0 Å². The van der Waals surface area contributed by atoms with Gasteiger partial charge in [0.15, 0.2) is 18.9 Å². The number of carbonyl (C=O) groups is 6. The van der Waals surface area contributed by atoms with E-state index in [1.54, 1.807) is 0 Å². The maximum Gasteiger partial charge on any atom is 0.333 e. The van der Waals surface area contributed by atoms with E-state index >= 15 is 0 Å². The van der Waals surface area contributed by atoms with Crippen LogP contribution in [0.1, 0.15) is 51.9 Å². The molecular weight excluding hydrogens is 772 g/mol. The Morgan fingerprint density at radius 3 is 1.96 bits per heavy atom. The molecule has 13 atom stereocenters. The molecule has 0 aromatic carbocycles. The Labute approximate surface area is 325 Å². The van der Waals surface area contributed by atoms with Crippen LogP contribution < -0.4 is 16.0 Å². The molecule has 4 aliphatic heterocycles. The van der Waals surface area contributed by atoms with Crippen molar-refractivity contribution in [2.24, 2.45) is 0 Å². The zero-order valence-corrected chi connectivity index (χ0v) is 31.1. The van der Waals surface area contributed by atoms with E-state index in [4.69, 9.17) is 28.4 Å². The standard InChI is InChI=1S/C33H52N4O20/c1-15(36-22(42)2-5-26(46)57-37-24(44)3-4-25(37)45)30(50)35-11-23(43)34-6-7-51-32-29(49)21(56-33-28(48)20(41)9-17(13-39)54-33)10-18(55-32)14-52-31-27(47)19(40)8-16(12-38)53-31/h15-21,27-29,31-33,38-41,47-49H,2-14H2,1H3,(H,34,43)(H,35,50)(H,36,42)/t15-,16-,17-,18-,19-,20-,21-,27-,28-,29-,31?,32-,33?/m0/s1. The second-order valence-corrected chi connectivity index (χ2v) is 13.8. The van der Waals surface area contributed by atoms with Crippen LogP contribution in [0.25, 0.3) is 0 Å². The molecule has 0 aromatic rings. The highest BCUT2D eigenvalue weighted by Crippen LogP contribution is 2.30. The number of nitrogens with zero attached hydrogens (tertiary/aromatic N) is 1. The van der Waals surface area contributed by atoms with Crippen LogP contribution in [0.4, 0.5) is 0 Å². The van der Waals surface area contributed by atoms with E-state index in [0.29, 0.717) is 5.06 Å². The number of rotatable bonds is 19. The van der Waals surface area contributed by atoms with Gasteiger partial charge in [-0.05, 0) is 6.92 Å². The topological polar surface area (TPSA) is 348 Å². The summed E-state index contributed by atoms with van der Waals surface area (Å²) in [5, 5.41) is 78.8. The third kappa shape index (κ3) is 13.5. The fraction of sp³-hybridized carbons (Fsp3) is 0.818. The van der Waals surface area contributed by atoms with Crippen LogP contribution in [0.2, 0.25) is 0 Å². The largest absolute Gasteiger partial charge is 0.394 e. The van der Waals surface area contributed by atoms with Gasteiger partial charge in [0.2, 0.25) is 17.7 Å². The number of nitrogens with one attached hydrogen (secondary N) is 3. The van der Waals surface area contributed by atoms with Crippen molar-refractivity contribution in [2.45, 2.75) is 132 Å². The minimum Gasteiger partial charge on any atom is -0.394 e. The molecule has 0 aliphatic carbocycles. The molecular formula is C33H52N4O20. The lowest BCUT2D eigenvalue weighted by molar-refractivity contribution is -0.336. The zero-order chi connectivity index (χ0) is 41.8. The molecule has 10 N–H and O–H groups in total. The molecule has 0 bridgehead atoms. The van der Waals surface area contributed by atoms with Crippen LogP contribution in [0.5, 0.6) is 0 Å². The zero-order valence-electron chi connectivity index (χ0n) is 31.1. The average molecular weight is 825 g/mol. The number of aliphatic hydroxyl groups excluding tert-OH is 7. The van der Waals surface area contributed by atoms with Crippen molar-refractivity contribution in [1.29, 1.82) is 0 Å². The van der Waals surface area contributed by atoms with Crippen LogP contribution in [-0.4, -0.2) is 196 Å². The van der Waals surface area contributed by atoms with Gasteiger partial charge in [-0.2, -0.15) is 0 Å². The number of amides is 5. The number of ether oxygens (including phenoxy) is 6. The Bertz CT molecular complexity index is 1380. The Hall–Kier alpha value is -3.50. The van der Waals surface area contributed by atoms with Crippen molar-refractivity contribution in [3.05, 3.63) is 0 Å². The molecule has 324 valence electrons. The highest BCUT2D eigenvalue weighted by atomic mass is 16.7. The third-order valence-electron chi connectivity index (χ3n) is 9.31. The normalized spacial score (nSPS) is 33.7. The van der Waals surface area contributed by atoms with Crippen LogP contribution in [0.15, 0.2) is 0 Å². The van der Waals surface area contributed by atoms with Gasteiger partial charge in [0, 0.05) is 45.1 Å². The highest BCUT2D eigenvalue weighted by Gasteiger charge is 2.45. The van der Waals surface area contributed by atoms with Crippen molar-refractivity contribution in [3.8, 4) is 0 Å². The van der Waals surface area contributed by atoms with Crippen molar-refractivity contribution in [3.63, 3.8) is 0 Å². The van der Waals surface area contributed by atoms with E-state index in [1.165, 1.54) is 6.92 Å². The Balaban J connectivity index is 1.21. The number of aliphatic hydroxyl groups is 7. The molecule has 0 aromatic heterocycles. The lowest BCUT2D eigenvalue weighted by atomic mass is 10.00. The second kappa shape index (κ2) is 22.0. The lowest BCUT2D eigenvalue weighted by Gasteiger charge is -2.43. The molecule has 0 saturated carbocycles. The summed E-state index contributed by atoms with van der Waals surface area (Å²) in [6.45, 7) is -0.803. The minimum atomic E-state index is -1.53. The fourth-order valence-corrected chi connectivity index (χ4v) is 6.12. The van der Waals surface area contributed by atoms with Crippen molar-refractivity contribution < 1.29 is 97.8 Å². The van der Waals surface area contributed by atoms with Gasteiger partial charge in [0.05, 0.1) is 76.0 Å². The van der Waals surface area contributed by atoms with E-state index in [9.17, 15) is 64.5 Å². The molecule has 4 aliphatic rings. The molecule has 24 heteroatoms. The summed E-state index contributed by atoms with van der Waals surface area (Å²) in [5.74, 6) is -4.44. The smallest absolute Gasteiger partial charge is 0.333 e. The first-order valence-electron chi connectivity index (χ1n) is 18.5. The fourth-order valence-electron chi connectivity index (χ4n) is 6.12. The van der Waals surface area contributed by atoms with E-state index in [-0.39, 0.29) is 51.9 Å². The number of imide groups is 1. The molecule has 4 fully saturated rings. The summed E-state index contributed by atoms with van der Waals surface area (Å²) in [7, 11) is 0. The molecule has 0 spiro atoms. The summed E-state index contributed by atoms with van der Waals surface area (Å²) >= 11 is 0. The van der Waals surface area contributed by atoms with E-state index in [2.05, 4.69) is 20.8 Å². The van der Waals surface area contributed by atoms with Crippen molar-refractivity contribution >= 4 is 35.5 Å². The molecule has 5 amide bonds. The van der Waals surface area contributed by atoms with Crippen molar-refractivity contribution in [2.75, 3.05) is 39.5 Å². The first-order valence-corrected chi connectivity index (χ1v) is 18.5. The average Bonchev–Trinajstić information content (AvgIpc) is 3.50. The third-order valence-corrected chi connectivity index (χ3v) is 9.31. The minimum absolute atomic E-state index is 0.0296. The summed E-state index contributed by atoms with van der Waals surface area (Å²) in [4.78, 5) is 76.7. The van der Waals surface area contributed by atoms with Gasteiger partial charge in [-0.25, -0.2) is 4.79 Å². The molecule has 0 radical (unpaired) electrons. The van der Waals surface area contributed by atoms with E-state index in [1.807, 2.05) is 0 Å². The molecule has 57 heavy (non-hydrogen) atoms. The molecule has 4 heterocycles. The van der Waals surface area contributed by atoms with Crippen LogP contribution in [0.3, 0.4) is 0 Å². The van der Waals surface area contributed by atoms with Gasteiger partial charge >= 0.3 is 5.97 Å². The Kier molecular flexibility index (Phi) is 17.9.